The van der Waals surface area contributed by atoms with E-state index < -0.39 is 0 Å². The predicted molar refractivity (Wildman–Crippen MR) is 49.6 cm³/mol. The van der Waals surface area contributed by atoms with Crippen molar-refractivity contribution >= 4 is 11.6 Å². The number of hydrogen-bond acceptors (Lipinski definition) is 1. The van der Waals surface area contributed by atoms with Crippen molar-refractivity contribution in [2.45, 2.75) is 0 Å². The molecule has 1 N–H and O–H groups in total. The third-order valence-electron chi connectivity index (χ3n) is 1.31. The van der Waals surface area contributed by atoms with Gasteiger partial charge in [-0.15, -0.1) is 6.58 Å². The molecule has 0 bridgehead atoms. The van der Waals surface area contributed by atoms with E-state index in [0.717, 1.165) is 5.69 Å². The standard InChI is InChI=1S/C10H10NO/c1-2-6-10(12)11-9-7-4-3-5-8-9/h2-8H,1H2,(H,11,12). The molecule has 1 aromatic carbocycles. The van der Waals surface area contributed by atoms with Gasteiger partial charge in [0.2, 0.25) is 5.91 Å². The van der Waals surface area contributed by atoms with Gasteiger partial charge in [0.05, 0.1) is 6.42 Å². The molecule has 0 unspecified atom stereocenters. The van der Waals surface area contributed by atoms with Gasteiger partial charge in [-0.2, -0.15) is 0 Å². The quantitative estimate of drug-likeness (QED) is 0.720. The van der Waals surface area contributed by atoms with Gasteiger partial charge in [-0.3, -0.25) is 4.79 Å². The lowest BCUT2D eigenvalue weighted by Gasteiger charge is -2.00. The fraction of sp³-hybridized carbons (Fsp3) is 0. The van der Waals surface area contributed by atoms with Gasteiger partial charge in [-0.1, -0.05) is 24.3 Å². The summed E-state index contributed by atoms with van der Waals surface area (Å²) >= 11 is 0. The van der Waals surface area contributed by atoms with Crippen molar-refractivity contribution in [3.63, 3.8) is 0 Å². The lowest BCUT2D eigenvalue weighted by molar-refractivity contribution is -0.112. The first-order valence-corrected chi connectivity index (χ1v) is 3.65. The van der Waals surface area contributed by atoms with Gasteiger partial charge in [0.15, 0.2) is 0 Å². The zero-order chi connectivity index (χ0) is 8.81. The summed E-state index contributed by atoms with van der Waals surface area (Å²) in [5, 5.41) is 2.68. The van der Waals surface area contributed by atoms with Crippen LogP contribution >= 0.6 is 0 Å². The highest BCUT2D eigenvalue weighted by Crippen LogP contribution is 2.04. The monoisotopic (exact) mass is 160 g/mol. The molecule has 0 heterocycles. The third kappa shape index (κ3) is 2.58. The molecule has 0 fully saturated rings. The molecule has 12 heavy (non-hydrogen) atoms. The molecule has 0 aliphatic rings. The fourth-order valence-electron chi connectivity index (χ4n) is 0.812. The Hall–Kier alpha value is -1.57. The van der Waals surface area contributed by atoms with Gasteiger partial charge < -0.3 is 5.32 Å². The lowest BCUT2D eigenvalue weighted by atomic mass is 10.3. The average molecular weight is 160 g/mol. The second kappa shape index (κ2) is 4.34. The number of amides is 1. The maximum Gasteiger partial charge on any atom is 0.232 e. The highest BCUT2D eigenvalue weighted by atomic mass is 16.1. The van der Waals surface area contributed by atoms with Gasteiger partial charge in [-0.05, 0) is 12.1 Å². The van der Waals surface area contributed by atoms with E-state index in [1.165, 1.54) is 12.5 Å². The molecule has 2 heteroatoms. The van der Waals surface area contributed by atoms with Gasteiger partial charge in [0.1, 0.15) is 0 Å². The Balaban J connectivity index is 2.52. The van der Waals surface area contributed by atoms with Crippen molar-refractivity contribution in [1.82, 2.24) is 0 Å². The van der Waals surface area contributed by atoms with E-state index in [1.54, 1.807) is 0 Å². The Morgan fingerprint density at radius 3 is 2.58 bits per heavy atom. The number of carbonyl (C=O) groups excluding carboxylic acids is 1. The molecule has 0 saturated carbocycles. The first kappa shape index (κ1) is 8.53. The highest BCUT2D eigenvalue weighted by molar-refractivity contribution is 5.98. The highest BCUT2D eigenvalue weighted by Gasteiger charge is 1.97. The third-order valence-corrected chi connectivity index (χ3v) is 1.31. The van der Waals surface area contributed by atoms with Crippen LogP contribution in [0.1, 0.15) is 0 Å². The summed E-state index contributed by atoms with van der Waals surface area (Å²) in [4.78, 5) is 11.0. The molecule has 2 nitrogen and oxygen atoms in total. The van der Waals surface area contributed by atoms with Crippen molar-refractivity contribution in [3.8, 4) is 0 Å². The van der Waals surface area contributed by atoms with Gasteiger partial charge in [0, 0.05) is 5.69 Å². The number of hydrogen-bond donors (Lipinski definition) is 1. The summed E-state index contributed by atoms with van der Waals surface area (Å²) in [5.41, 5.74) is 0.792. The summed E-state index contributed by atoms with van der Waals surface area (Å²) < 4.78 is 0. The number of benzene rings is 1. The molecule has 1 radical (unpaired) electrons. The maximum atomic E-state index is 11.0. The molecule has 1 aromatic rings. The molecular weight excluding hydrogens is 150 g/mol. The van der Waals surface area contributed by atoms with Crippen molar-refractivity contribution in [3.05, 3.63) is 49.4 Å². The van der Waals surface area contributed by atoms with E-state index >= 15 is 0 Å². The predicted octanol–water partition coefficient (Wildman–Crippen LogP) is 2.02. The van der Waals surface area contributed by atoms with Gasteiger partial charge in [0.25, 0.3) is 0 Å². The van der Waals surface area contributed by atoms with Crippen LogP contribution in [0.15, 0.2) is 43.0 Å². The van der Waals surface area contributed by atoms with Gasteiger partial charge >= 0.3 is 0 Å². The molecule has 1 amide bonds. The van der Waals surface area contributed by atoms with Crippen molar-refractivity contribution in [2.24, 2.45) is 0 Å². The summed E-state index contributed by atoms with van der Waals surface area (Å²) in [6, 6.07) is 9.28. The molecule has 0 aromatic heterocycles. The summed E-state index contributed by atoms with van der Waals surface area (Å²) in [6.07, 6.45) is 2.84. The number of carbonyl (C=O) groups is 1. The molecule has 0 saturated heterocycles. The van der Waals surface area contributed by atoms with Crippen molar-refractivity contribution < 1.29 is 4.79 Å². The van der Waals surface area contributed by atoms with Crippen LogP contribution in [0.3, 0.4) is 0 Å². The summed E-state index contributed by atoms with van der Waals surface area (Å²) in [6.45, 7) is 3.43. The summed E-state index contributed by atoms with van der Waals surface area (Å²) in [7, 11) is 0. The topological polar surface area (TPSA) is 29.1 Å². The second-order valence-electron chi connectivity index (χ2n) is 2.26. The van der Waals surface area contributed by atoms with Crippen molar-refractivity contribution in [1.29, 1.82) is 0 Å². The first-order chi connectivity index (χ1) is 5.83. The molecule has 0 spiro atoms. The van der Waals surface area contributed by atoms with Crippen LogP contribution in [0.25, 0.3) is 0 Å². The second-order valence-corrected chi connectivity index (χ2v) is 2.26. The van der Waals surface area contributed by atoms with E-state index in [1.807, 2.05) is 30.3 Å². The van der Waals surface area contributed by atoms with E-state index in [9.17, 15) is 4.79 Å². The zero-order valence-electron chi connectivity index (χ0n) is 6.66. The number of nitrogens with one attached hydrogen (secondary N) is 1. The minimum Gasteiger partial charge on any atom is -0.326 e. The average Bonchev–Trinajstić information content (AvgIpc) is 2.06. The first-order valence-electron chi connectivity index (χ1n) is 3.65. The van der Waals surface area contributed by atoms with Crippen LogP contribution in [0.4, 0.5) is 5.69 Å². The van der Waals surface area contributed by atoms with Crippen LogP contribution in [0, 0.1) is 6.42 Å². The minimum atomic E-state index is -0.156. The summed E-state index contributed by atoms with van der Waals surface area (Å²) in [5.74, 6) is -0.156. The number of para-hydroxylation sites is 1. The maximum absolute atomic E-state index is 11.0. The molecule has 0 atom stereocenters. The minimum absolute atomic E-state index is 0.156. The van der Waals surface area contributed by atoms with Gasteiger partial charge in [-0.25, -0.2) is 0 Å². The fourth-order valence-corrected chi connectivity index (χ4v) is 0.812. The Morgan fingerprint density at radius 2 is 2.00 bits per heavy atom. The van der Waals surface area contributed by atoms with Crippen LogP contribution < -0.4 is 5.32 Å². The lowest BCUT2D eigenvalue weighted by Crippen LogP contribution is -2.10. The number of anilines is 1. The Bertz CT molecular complexity index is 266. The molecular formula is C10H10NO. The molecule has 0 aliphatic heterocycles. The van der Waals surface area contributed by atoms with E-state index in [0.29, 0.717) is 0 Å². The largest absolute Gasteiger partial charge is 0.326 e. The normalized spacial score (nSPS) is 9.00. The number of rotatable bonds is 3. The molecule has 0 aliphatic carbocycles. The smallest absolute Gasteiger partial charge is 0.232 e. The van der Waals surface area contributed by atoms with E-state index in [-0.39, 0.29) is 5.91 Å². The Morgan fingerprint density at radius 1 is 1.33 bits per heavy atom. The van der Waals surface area contributed by atoms with Crippen LogP contribution in [-0.2, 0) is 4.79 Å². The Kier molecular flexibility index (Phi) is 3.08. The van der Waals surface area contributed by atoms with Crippen LogP contribution in [0.2, 0.25) is 0 Å². The van der Waals surface area contributed by atoms with E-state index in [4.69, 9.17) is 0 Å². The Labute approximate surface area is 71.9 Å². The molecule has 1 rings (SSSR count). The van der Waals surface area contributed by atoms with Crippen molar-refractivity contribution in [2.75, 3.05) is 5.32 Å². The van der Waals surface area contributed by atoms with Crippen LogP contribution in [-0.4, -0.2) is 5.91 Å². The SMILES string of the molecule is C=C[CH]C(=O)Nc1ccccc1. The van der Waals surface area contributed by atoms with E-state index in [2.05, 4.69) is 11.9 Å². The van der Waals surface area contributed by atoms with Crippen LogP contribution in [0.5, 0.6) is 0 Å². The zero-order valence-corrected chi connectivity index (χ0v) is 6.66. The molecule has 61 valence electrons.